The first-order valence-electron chi connectivity index (χ1n) is 11.9. The molecule has 160 valence electrons. The minimum atomic E-state index is 0.0916. The third-order valence-electron chi connectivity index (χ3n) is 8.26. The fourth-order valence-electron chi connectivity index (χ4n) is 6.86. The molecule has 0 aromatic carbocycles. The van der Waals surface area contributed by atoms with E-state index in [0.717, 1.165) is 61.7 Å². The second-order valence-corrected chi connectivity index (χ2v) is 10.2. The summed E-state index contributed by atoms with van der Waals surface area (Å²) < 4.78 is 1.99. The van der Waals surface area contributed by atoms with E-state index in [-0.39, 0.29) is 5.91 Å². The zero-order valence-corrected chi connectivity index (χ0v) is 17.8. The highest BCUT2D eigenvalue weighted by Crippen LogP contribution is 2.53. The highest BCUT2D eigenvalue weighted by Gasteiger charge is 2.48. The smallest absolute Gasteiger partial charge is 0.254 e. The lowest BCUT2D eigenvalue weighted by atomic mass is 9.54. The van der Waals surface area contributed by atoms with Crippen molar-refractivity contribution < 1.29 is 4.79 Å². The molecule has 2 heterocycles. The molecule has 1 amide bonds. The Morgan fingerprint density at radius 3 is 2.52 bits per heavy atom. The van der Waals surface area contributed by atoms with Crippen LogP contribution in [0.4, 0.5) is 0 Å². The number of piperidine rings is 1. The summed E-state index contributed by atoms with van der Waals surface area (Å²) in [5.74, 6) is 4.18. The van der Waals surface area contributed by atoms with Crippen LogP contribution in [0.5, 0.6) is 0 Å². The van der Waals surface area contributed by atoms with Crippen molar-refractivity contribution in [2.24, 2.45) is 29.6 Å². The van der Waals surface area contributed by atoms with Gasteiger partial charge in [-0.25, -0.2) is 0 Å². The maximum atomic E-state index is 13.0. The van der Waals surface area contributed by atoms with Crippen LogP contribution in [0.15, 0.2) is 6.20 Å². The number of amides is 1. The predicted octanol–water partition coefficient (Wildman–Crippen LogP) is 2.34. The molecule has 0 spiro atoms. The van der Waals surface area contributed by atoms with E-state index in [1.807, 2.05) is 11.6 Å². The maximum absolute atomic E-state index is 13.0. The van der Waals surface area contributed by atoms with E-state index in [1.165, 1.54) is 44.9 Å². The van der Waals surface area contributed by atoms with Gasteiger partial charge in [-0.05, 0) is 101 Å². The fraction of sp³-hybridized carbons (Fsp3) is 0.826. The van der Waals surface area contributed by atoms with Gasteiger partial charge in [0.25, 0.3) is 5.91 Å². The summed E-state index contributed by atoms with van der Waals surface area (Å²) in [5, 5.41) is 14.9. The van der Waals surface area contributed by atoms with E-state index < -0.39 is 0 Å². The lowest BCUT2D eigenvalue weighted by Gasteiger charge is -2.54. The average Bonchev–Trinajstić information content (AvgIpc) is 3.09. The van der Waals surface area contributed by atoms with Crippen molar-refractivity contribution in [3.05, 3.63) is 17.5 Å². The Hall–Kier alpha value is -1.40. The van der Waals surface area contributed by atoms with Gasteiger partial charge in [-0.3, -0.25) is 9.48 Å². The number of nitrogens with zero attached hydrogens (tertiary/aromatic N) is 2. The minimum absolute atomic E-state index is 0.0916. The molecule has 1 aliphatic heterocycles. The molecule has 6 nitrogen and oxygen atoms in total. The van der Waals surface area contributed by atoms with E-state index >= 15 is 0 Å². The number of rotatable bonds is 7. The molecule has 1 aromatic rings. The largest absolute Gasteiger partial charge is 0.349 e. The molecule has 0 radical (unpaired) electrons. The van der Waals surface area contributed by atoms with Crippen LogP contribution in [-0.2, 0) is 6.54 Å². The molecule has 1 saturated heterocycles. The molecular weight excluding hydrogens is 362 g/mol. The second kappa shape index (κ2) is 8.38. The van der Waals surface area contributed by atoms with Crippen LogP contribution < -0.4 is 16.0 Å². The van der Waals surface area contributed by atoms with E-state index in [0.29, 0.717) is 17.9 Å². The van der Waals surface area contributed by atoms with Gasteiger partial charge in [0.1, 0.15) is 0 Å². The van der Waals surface area contributed by atoms with Crippen molar-refractivity contribution >= 4 is 5.91 Å². The van der Waals surface area contributed by atoms with E-state index in [9.17, 15) is 4.79 Å². The normalized spacial score (nSPS) is 33.9. The van der Waals surface area contributed by atoms with Crippen LogP contribution in [0.1, 0.15) is 61.0 Å². The molecule has 6 rings (SSSR count). The van der Waals surface area contributed by atoms with Gasteiger partial charge in [0, 0.05) is 18.3 Å². The van der Waals surface area contributed by atoms with Gasteiger partial charge in [0.2, 0.25) is 0 Å². The van der Waals surface area contributed by atoms with Crippen LogP contribution in [-0.4, -0.2) is 47.9 Å². The first-order valence-corrected chi connectivity index (χ1v) is 11.9. The number of carbonyl (C=O) groups excluding carboxylic acids is 1. The Kier molecular flexibility index (Phi) is 5.65. The van der Waals surface area contributed by atoms with Gasteiger partial charge in [0.05, 0.1) is 18.3 Å². The highest BCUT2D eigenvalue weighted by molar-refractivity contribution is 5.95. The van der Waals surface area contributed by atoms with Gasteiger partial charge >= 0.3 is 0 Å². The minimum Gasteiger partial charge on any atom is -0.349 e. The van der Waals surface area contributed by atoms with Crippen molar-refractivity contribution in [3.8, 4) is 0 Å². The van der Waals surface area contributed by atoms with Crippen molar-refractivity contribution in [2.45, 2.75) is 64.5 Å². The molecule has 1 aromatic heterocycles. The fourth-order valence-corrected chi connectivity index (χ4v) is 6.86. The van der Waals surface area contributed by atoms with Crippen molar-refractivity contribution in [1.29, 1.82) is 0 Å². The molecule has 29 heavy (non-hydrogen) atoms. The molecule has 3 N–H and O–H groups in total. The van der Waals surface area contributed by atoms with Gasteiger partial charge in [-0.2, -0.15) is 5.10 Å². The highest BCUT2D eigenvalue weighted by atomic mass is 16.1. The Balaban J connectivity index is 1.13. The molecule has 5 aliphatic rings. The van der Waals surface area contributed by atoms with E-state index in [1.54, 1.807) is 6.20 Å². The zero-order chi connectivity index (χ0) is 19.8. The zero-order valence-electron chi connectivity index (χ0n) is 17.8. The lowest BCUT2D eigenvalue weighted by Crippen LogP contribution is -2.55. The topological polar surface area (TPSA) is 71.0 Å². The first-order chi connectivity index (χ1) is 14.2. The Morgan fingerprint density at radius 1 is 1.14 bits per heavy atom. The summed E-state index contributed by atoms with van der Waals surface area (Å²) in [6, 6.07) is 0.393. The molecule has 4 saturated carbocycles. The SMILES string of the molecule is Cc1c(C(=O)NC2C3CC4CC(C3)CC2C4)cnn1CCNCC1CCNCC1. The standard InChI is InChI=1S/C23H37N5O/c1-15-21(14-26-28(15)7-6-25-13-16-2-4-24-5-3-16)23(29)27-22-19-9-17-8-18(11-19)12-20(22)10-17/h14,16-20,22,24-25H,2-13H2,1H3,(H,27,29). The number of nitrogens with one attached hydrogen (secondary N) is 3. The van der Waals surface area contributed by atoms with Crippen LogP contribution in [0.2, 0.25) is 0 Å². The maximum Gasteiger partial charge on any atom is 0.254 e. The van der Waals surface area contributed by atoms with Crippen molar-refractivity contribution in [2.75, 3.05) is 26.2 Å². The number of aromatic nitrogens is 2. The predicted molar refractivity (Wildman–Crippen MR) is 114 cm³/mol. The molecule has 4 aliphatic carbocycles. The summed E-state index contributed by atoms with van der Waals surface area (Å²) in [7, 11) is 0. The van der Waals surface area contributed by atoms with Crippen LogP contribution in [0.3, 0.4) is 0 Å². The third kappa shape index (κ3) is 4.11. The Bertz CT molecular complexity index is 695. The molecule has 4 bridgehead atoms. The molecule has 5 fully saturated rings. The molecular formula is C23H37N5O. The number of hydrogen-bond donors (Lipinski definition) is 3. The monoisotopic (exact) mass is 399 g/mol. The quantitative estimate of drug-likeness (QED) is 0.616. The van der Waals surface area contributed by atoms with Crippen LogP contribution in [0, 0.1) is 36.5 Å². The summed E-state index contributed by atoms with van der Waals surface area (Å²) in [4.78, 5) is 13.0. The van der Waals surface area contributed by atoms with E-state index in [2.05, 4.69) is 21.0 Å². The van der Waals surface area contributed by atoms with Gasteiger partial charge in [-0.1, -0.05) is 0 Å². The number of hydrogen-bond acceptors (Lipinski definition) is 4. The molecule has 0 unspecified atom stereocenters. The average molecular weight is 400 g/mol. The lowest BCUT2D eigenvalue weighted by molar-refractivity contribution is -0.0119. The van der Waals surface area contributed by atoms with Crippen molar-refractivity contribution in [1.82, 2.24) is 25.7 Å². The van der Waals surface area contributed by atoms with Crippen LogP contribution >= 0.6 is 0 Å². The van der Waals surface area contributed by atoms with Gasteiger partial charge in [0.15, 0.2) is 0 Å². The Labute approximate surface area is 174 Å². The second-order valence-electron chi connectivity index (χ2n) is 10.2. The first kappa shape index (κ1) is 19.6. The summed E-state index contributed by atoms with van der Waals surface area (Å²) in [6.45, 7) is 7.14. The molecule has 6 heteroatoms. The van der Waals surface area contributed by atoms with Crippen LogP contribution in [0.25, 0.3) is 0 Å². The summed E-state index contributed by atoms with van der Waals surface area (Å²) in [6.07, 6.45) is 11.1. The molecule has 0 atom stereocenters. The summed E-state index contributed by atoms with van der Waals surface area (Å²) in [5.41, 5.74) is 1.76. The Morgan fingerprint density at radius 2 is 1.83 bits per heavy atom. The summed E-state index contributed by atoms with van der Waals surface area (Å²) >= 11 is 0. The third-order valence-corrected chi connectivity index (χ3v) is 8.26. The van der Waals surface area contributed by atoms with Crippen molar-refractivity contribution in [3.63, 3.8) is 0 Å². The number of carbonyl (C=O) groups is 1. The van der Waals surface area contributed by atoms with Gasteiger partial charge < -0.3 is 16.0 Å². The van der Waals surface area contributed by atoms with E-state index in [4.69, 9.17) is 0 Å². The van der Waals surface area contributed by atoms with Gasteiger partial charge in [-0.15, -0.1) is 0 Å².